The molecule has 6 bridgehead atoms. The number of nitrogens with zero attached hydrogens (tertiary/aromatic N) is 3. The zero-order valence-electron chi connectivity index (χ0n) is 31.2. The highest BCUT2D eigenvalue weighted by molar-refractivity contribution is 5.79. The molecular formula is C41H56FN3O5. The van der Waals surface area contributed by atoms with Crippen LogP contribution in [0, 0.1) is 12.7 Å². The molecule has 4 aromatic rings. The molecule has 5 heterocycles. The van der Waals surface area contributed by atoms with Gasteiger partial charge in [0.25, 0.3) is 0 Å². The van der Waals surface area contributed by atoms with Gasteiger partial charge in [-0.15, -0.1) is 0 Å². The number of halogens is 1. The number of benzene rings is 2. The molecule has 3 aliphatic heterocycles. The lowest BCUT2D eigenvalue weighted by molar-refractivity contribution is -0.136. The van der Waals surface area contributed by atoms with E-state index in [0.29, 0.717) is 24.5 Å². The first-order chi connectivity index (χ1) is 23.8. The highest BCUT2D eigenvalue weighted by Gasteiger charge is 2.33. The number of rotatable bonds is 3. The van der Waals surface area contributed by atoms with Gasteiger partial charge in [0.2, 0.25) is 0 Å². The van der Waals surface area contributed by atoms with Crippen molar-refractivity contribution < 1.29 is 28.9 Å². The average Bonchev–Trinajstić information content (AvgIpc) is 3.50. The van der Waals surface area contributed by atoms with Gasteiger partial charge >= 0.3 is 5.97 Å². The number of pyridine rings is 1. The van der Waals surface area contributed by atoms with Crippen LogP contribution < -0.4 is 9.64 Å². The minimum atomic E-state index is -0.849. The van der Waals surface area contributed by atoms with Crippen LogP contribution in [0.25, 0.3) is 28.0 Å². The number of aliphatic hydroxyl groups is 1. The quantitative estimate of drug-likeness (QED) is 0.222. The van der Waals surface area contributed by atoms with Crippen LogP contribution in [0.15, 0.2) is 48.7 Å². The topological polar surface area (TPSA) is 96.5 Å². The van der Waals surface area contributed by atoms with Gasteiger partial charge in [0.15, 0.2) is 0 Å². The molecule has 0 atom stereocenters. The number of aryl methyl sites for hydroxylation is 1. The Kier molecular flexibility index (Phi) is 13.1. The number of hydrogen-bond donors (Lipinski definition) is 2. The fraction of sp³-hybridized carbons (Fsp3) is 0.512. The van der Waals surface area contributed by atoms with Crippen molar-refractivity contribution in [3.63, 3.8) is 0 Å². The van der Waals surface area contributed by atoms with Crippen molar-refractivity contribution in [1.82, 2.24) is 9.38 Å². The highest BCUT2D eigenvalue weighted by atomic mass is 19.1. The lowest BCUT2D eigenvalue weighted by atomic mass is 9.92. The Hall–Kier alpha value is -3.95. The Balaban J connectivity index is 0.000000738. The molecule has 2 aromatic heterocycles. The Morgan fingerprint density at radius 1 is 1.00 bits per heavy atom. The summed E-state index contributed by atoms with van der Waals surface area (Å²) in [7, 11) is 0. The van der Waals surface area contributed by atoms with Gasteiger partial charge in [-0.3, -0.25) is 9.20 Å². The van der Waals surface area contributed by atoms with Crippen LogP contribution in [0.2, 0.25) is 0 Å². The zero-order chi connectivity index (χ0) is 36.6. The highest BCUT2D eigenvalue weighted by Crippen LogP contribution is 2.38. The van der Waals surface area contributed by atoms with E-state index in [1.54, 1.807) is 26.8 Å². The van der Waals surface area contributed by atoms with E-state index in [4.69, 9.17) is 19.6 Å². The van der Waals surface area contributed by atoms with Gasteiger partial charge in [0.1, 0.15) is 23.0 Å². The number of carboxylic acids is 1. The number of carbonyl (C=O) groups is 1. The summed E-state index contributed by atoms with van der Waals surface area (Å²) in [5.41, 5.74) is 6.23. The first-order valence-corrected chi connectivity index (χ1v) is 18.2. The Labute approximate surface area is 297 Å². The number of carboxylic acid groups (broad SMARTS) is 1. The number of fused-ring (bicyclic) bond motifs is 8. The molecule has 0 spiro atoms. The Morgan fingerprint density at radius 2 is 1.66 bits per heavy atom. The molecule has 1 saturated heterocycles. The molecule has 272 valence electrons. The van der Waals surface area contributed by atoms with E-state index in [1.165, 1.54) is 12.1 Å². The van der Waals surface area contributed by atoms with E-state index in [2.05, 4.69) is 23.1 Å². The molecule has 0 radical (unpaired) electrons. The zero-order valence-corrected chi connectivity index (χ0v) is 31.2. The summed E-state index contributed by atoms with van der Waals surface area (Å²) in [5, 5.41) is 18.5. The van der Waals surface area contributed by atoms with Gasteiger partial charge in [-0.05, 0) is 114 Å². The predicted octanol–water partition coefficient (Wildman–Crippen LogP) is 9.05. The molecular weight excluding hydrogens is 633 g/mol. The smallest absolute Gasteiger partial charge is 0.307 e. The van der Waals surface area contributed by atoms with Gasteiger partial charge < -0.3 is 24.6 Å². The van der Waals surface area contributed by atoms with Crippen molar-refractivity contribution in [2.24, 2.45) is 0 Å². The molecule has 0 saturated carbocycles. The second kappa shape index (κ2) is 16.8. The summed E-state index contributed by atoms with van der Waals surface area (Å²) in [6.07, 6.45) is 7.23. The van der Waals surface area contributed by atoms with Crippen molar-refractivity contribution in [2.75, 3.05) is 31.2 Å². The van der Waals surface area contributed by atoms with E-state index >= 15 is 0 Å². The third-order valence-electron chi connectivity index (χ3n) is 9.09. The van der Waals surface area contributed by atoms with E-state index in [9.17, 15) is 14.3 Å². The standard InChI is InChI=1S/C35H40FN3O4.C4H10O.C2H6/c1-4-27-23(2)28(21-32(40)41)34-38-15-13-35(3,14-16-38)43-18-7-5-6-17-42-31-12-11-26(36)20-29(31)24-9-8-10-25(19-24)30-22-39(34)33(27)37-30;1-4(2,3)5;1-2/h8-12,19-20,22H,4-7,13-18,21H2,1-3H3,(H,40,41);5H,1-3H3;1-2H3. The van der Waals surface area contributed by atoms with Crippen molar-refractivity contribution >= 4 is 17.4 Å². The van der Waals surface area contributed by atoms with Gasteiger partial charge in [0, 0.05) is 42.6 Å². The lowest BCUT2D eigenvalue weighted by Crippen LogP contribution is -2.45. The molecule has 1 fully saturated rings. The van der Waals surface area contributed by atoms with Gasteiger partial charge in [-0.25, -0.2) is 9.37 Å². The minimum Gasteiger partial charge on any atom is -0.493 e. The van der Waals surface area contributed by atoms with E-state index in [1.807, 2.05) is 51.2 Å². The summed E-state index contributed by atoms with van der Waals surface area (Å²) in [4.78, 5) is 19.6. The molecule has 2 aromatic carbocycles. The number of ether oxygens (including phenoxy) is 2. The van der Waals surface area contributed by atoms with E-state index < -0.39 is 11.6 Å². The third-order valence-corrected chi connectivity index (χ3v) is 9.09. The van der Waals surface area contributed by atoms with Crippen molar-refractivity contribution in [3.8, 4) is 28.1 Å². The molecule has 50 heavy (non-hydrogen) atoms. The average molecular weight is 690 g/mol. The van der Waals surface area contributed by atoms with Crippen LogP contribution in [-0.4, -0.2) is 63.1 Å². The number of aromatic nitrogens is 2. The molecule has 0 unspecified atom stereocenters. The maximum Gasteiger partial charge on any atom is 0.307 e. The minimum absolute atomic E-state index is 0.0558. The summed E-state index contributed by atoms with van der Waals surface area (Å²) < 4.78 is 29.2. The van der Waals surface area contributed by atoms with Gasteiger partial charge in [-0.2, -0.15) is 0 Å². The van der Waals surface area contributed by atoms with Crippen LogP contribution in [0.5, 0.6) is 5.75 Å². The van der Waals surface area contributed by atoms with Crippen LogP contribution >= 0.6 is 0 Å². The fourth-order valence-corrected chi connectivity index (χ4v) is 6.60. The van der Waals surface area contributed by atoms with Gasteiger partial charge in [0.05, 0.1) is 29.9 Å². The van der Waals surface area contributed by atoms with Crippen LogP contribution in [-0.2, 0) is 22.4 Å². The summed E-state index contributed by atoms with van der Waals surface area (Å²) >= 11 is 0. The van der Waals surface area contributed by atoms with Crippen LogP contribution in [0.3, 0.4) is 0 Å². The molecule has 9 heteroatoms. The predicted molar refractivity (Wildman–Crippen MR) is 200 cm³/mol. The SMILES string of the molecule is CC.CC(C)(C)O.CCc1c(C)c(CC(=O)O)c2n3cc(nc13)-c1cccc(c1)-c1cc(F)ccc1OCCCCCOC1(C)CCN2CC1. The van der Waals surface area contributed by atoms with Crippen LogP contribution in [0.1, 0.15) is 97.3 Å². The molecule has 8 nitrogen and oxygen atoms in total. The second-order valence-corrected chi connectivity index (χ2v) is 14.2. The maximum absolute atomic E-state index is 14.5. The third kappa shape index (κ3) is 9.63. The summed E-state index contributed by atoms with van der Waals surface area (Å²) in [5.74, 6) is 0.391. The Bertz CT molecular complexity index is 1750. The normalized spacial score (nSPS) is 16.0. The molecule has 3 aliphatic rings. The summed E-state index contributed by atoms with van der Waals surface area (Å²) in [6.45, 7) is 18.3. The number of piperidine rings is 1. The van der Waals surface area contributed by atoms with E-state index in [-0.39, 0.29) is 17.8 Å². The first-order valence-electron chi connectivity index (χ1n) is 18.2. The number of hydrogen-bond acceptors (Lipinski definition) is 6. The van der Waals surface area contributed by atoms with Crippen LogP contribution in [0.4, 0.5) is 10.2 Å². The number of aliphatic carboxylic acids is 1. The number of anilines is 1. The number of imidazole rings is 1. The molecule has 0 amide bonds. The Morgan fingerprint density at radius 3 is 2.32 bits per heavy atom. The van der Waals surface area contributed by atoms with E-state index in [0.717, 1.165) is 96.6 Å². The van der Waals surface area contributed by atoms with Gasteiger partial charge in [-0.1, -0.05) is 39.0 Å². The van der Waals surface area contributed by atoms with Crippen molar-refractivity contribution in [3.05, 3.63) is 71.2 Å². The lowest BCUT2D eigenvalue weighted by Gasteiger charge is -2.41. The molecule has 0 aliphatic carbocycles. The maximum atomic E-state index is 14.5. The first kappa shape index (κ1) is 38.8. The second-order valence-electron chi connectivity index (χ2n) is 14.2. The fourth-order valence-electron chi connectivity index (χ4n) is 6.60. The molecule has 7 rings (SSSR count). The monoisotopic (exact) mass is 689 g/mol. The molecule has 2 N–H and O–H groups in total. The van der Waals surface area contributed by atoms with Crippen molar-refractivity contribution in [2.45, 2.75) is 112 Å². The summed E-state index contributed by atoms with van der Waals surface area (Å²) in [6, 6.07) is 12.6. The van der Waals surface area contributed by atoms with Crippen molar-refractivity contribution in [1.29, 1.82) is 0 Å². The largest absolute Gasteiger partial charge is 0.493 e.